The molecule has 342 valence electrons. The first kappa shape index (κ1) is 50.3. The molecule has 0 saturated heterocycles. The fourth-order valence-electron chi connectivity index (χ4n) is 5.90. The molecule has 2 atom stereocenters. The standard InChI is InChI=1S/C46H42Cl4N8O8/c1-5-65-38-21-35(53-45(63)40(25(3)59)57-55-36-17-29(15-31(49)19-36)43(61)51-33-11-7-27(23-47)8-12-33)22-39(66-6-2)42(38)54-46(64)41(26(4)60)58-56-37-18-30(16-32(50)20-37)44(62)52-34-13-9-28(24-48)10-14-34/h7-22,40-41H,5-6,23-24H2,1-4H3,(H,51,61)(H,52,62)(H,53,63)(H,54,64). The highest BCUT2D eigenvalue weighted by molar-refractivity contribution is 6.31. The highest BCUT2D eigenvalue weighted by atomic mass is 35.5. The number of rotatable bonds is 20. The van der Waals surface area contributed by atoms with Crippen LogP contribution in [0.3, 0.4) is 0 Å². The van der Waals surface area contributed by atoms with Crippen molar-refractivity contribution in [2.45, 2.75) is 51.5 Å². The van der Waals surface area contributed by atoms with Crippen LogP contribution in [0.4, 0.5) is 34.1 Å². The van der Waals surface area contributed by atoms with Gasteiger partial charge in [-0.3, -0.25) is 28.8 Å². The van der Waals surface area contributed by atoms with Crippen LogP contribution >= 0.6 is 46.4 Å². The predicted octanol–water partition coefficient (Wildman–Crippen LogP) is 11.1. The molecule has 66 heavy (non-hydrogen) atoms. The summed E-state index contributed by atoms with van der Waals surface area (Å²) in [7, 11) is 0. The van der Waals surface area contributed by atoms with E-state index in [9.17, 15) is 28.8 Å². The molecule has 0 aromatic heterocycles. The Labute approximate surface area is 399 Å². The number of benzene rings is 5. The number of nitrogens with zero attached hydrogens (tertiary/aromatic N) is 4. The van der Waals surface area contributed by atoms with Crippen molar-refractivity contribution in [1.82, 2.24) is 0 Å². The Balaban J connectivity index is 1.33. The maximum absolute atomic E-state index is 13.7. The number of anilines is 4. The molecule has 0 aliphatic rings. The van der Waals surface area contributed by atoms with E-state index < -0.39 is 47.3 Å². The minimum atomic E-state index is -1.68. The third-order valence-electron chi connectivity index (χ3n) is 9.05. The molecule has 4 amide bonds. The van der Waals surface area contributed by atoms with Crippen molar-refractivity contribution in [3.63, 3.8) is 0 Å². The summed E-state index contributed by atoms with van der Waals surface area (Å²) in [6, 6.07) is 21.7. The van der Waals surface area contributed by atoms with E-state index in [0.717, 1.165) is 25.0 Å². The van der Waals surface area contributed by atoms with Gasteiger partial charge in [-0.1, -0.05) is 47.5 Å². The monoisotopic (exact) mass is 974 g/mol. The number of nitrogens with one attached hydrogen (secondary N) is 4. The van der Waals surface area contributed by atoms with Gasteiger partial charge in [0.05, 0.1) is 24.6 Å². The summed E-state index contributed by atoms with van der Waals surface area (Å²) in [6.07, 6.45) is 0. The number of carbonyl (C=O) groups is 6. The predicted molar refractivity (Wildman–Crippen MR) is 255 cm³/mol. The molecular weight excluding hydrogens is 934 g/mol. The Morgan fingerprint density at radius 2 is 0.924 bits per heavy atom. The Bertz CT molecular complexity index is 2650. The zero-order valence-corrected chi connectivity index (χ0v) is 38.8. The van der Waals surface area contributed by atoms with Gasteiger partial charge in [0.15, 0.2) is 11.6 Å². The van der Waals surface area contributed by atoms with Crippen LogP contribution in [0, 0.1) is 0 Å². The fourth-order valence-corrected chi connectivity index (χ4v) is 6.71. The van der Waals surface area contributed by atoms with Crippen molar-refractivity contribution in [2.24, 2.45) is 20.5 Å². The number of Topliss-reactive ketones (excluding diaryl/α,β-unsaturated/α-hetero) is 2. The number of azo groups is 2. The highest BCUT2D eigenvalue weighted by Gasteiger charge is 2.28. The zero-order chi connectivity index (χ0) is 47.9. The lowest BCUT2D eigenvalue weighted by Crippen LogP contribution is -2.32. The van der Waals surface area contributed by atoms with Crippen LogP contribution in [-0.4, -0.2) is 60.5 Å². The van der Waals surface area contributed by atoms with E-state index in [1.54, 1.807) is 62.4 Å². The molecular formula is C46H42Cl4N8O8. The van der Waals surface area contributed by atoms with Crippen molar-refractivity contribution in [2.75, 3.05) is 34.5 Å². The summed E-state index contributed by atoms with van der Waals surface area (Å²) in [5, 5.41) is 27.2. The zero-order valence-electron chi connectivity index (χ0n) is 35.8. The Kier molecular flexibility index (Phi) is 18.3. The molecule has 0 aliphatic carbocycles. The van der Waals surface area contributed by atoms with E-state index in [0.29, 0.717) is 23.1 Å². The van der Waals surface area contributed by atoms with Crippen LogP contribution in [0.25, 0.3) is 0 Å². The number of halogens is 4. The first-order chi connectivity index (χ1) is 31.6. The lowest BCUT2D eigenvalue weighted by Gasteiger charge is -2.19. The quantitative estimate of drug-likeness (QED) is 0.0333. The molecule has 5 aromatic rings. The molecule has 5 aromatic carbocycles. The lowest BCUT2D eigenvalue weighted by atomic mass is 10.1. The number of ether oxygens (including phenoxy) is 2. The first-order valence-corrected chi connectivity index (χ1v) is 21.8. The minimum absolute atomic E-state index is 0.000168. The van der Waals surface area contributed by atoms with E-state index in [4.69, 9.17) is 55.9 Å². The number of hydrogen-bond acceptors (Lipinski definition) is 12. The van der Waals surface area contributed by atoms with Gasteiger partial charge in [-0.05, 0) is 99.5 Å². The Morgan fingerprint density at radius 3 is 1.29 bits per heavy atom. The molecule has 0 radical (unpaired) electrons. The molecule has 0 bridgehead atoms. The van der Waals surface area contributed by atoms with Crippen molar-refractivity contribution in [1.29, 1.82) is 0 Å². The van der Waals surface area contributed by atoms with Gasteiger partial charge in [-0.2, -0.15) is 20.5 Å². The molecule has 4 N–H and O–H groups in total. The fraction of sp³-hybridized carbons (Fsp3) is 0.217. The second-order valence-electron chi connectivity index (χ2n) is 14.1. The van der Waals surface area contributed by atoms with Gasteiger partial charge < -0.3 is 30.7 Å². The van der Waals surface area contributed by atoms with Crippen LogP contribution in [-0.2, 0) is 30.9 Å². The van der Waals surface area contributed by atoms with E-state index in [-0.39, 0.29) is 68.6 Å². The number of carbonyl (C=O) groups excluding carboxylic acids is 6. The summed E-state index contributed by atoms with van der Waals surface area (Å²) in [5.74, 6) is -3.44. The maximum Gasteiger partial charge on any atom is 0.259 e. The van der Waals surface area contributed by atoms with E-state index >= 15 is 0 Å². The third kappa shape index (κ3) is 14.1. The van der Waals surface area contributed by atoms with Crippen LogP contribution in [0.1, 0.15) is 59.5 Å². The van der Waals surface area contributed by atoms with E-state index in [1.807, 2.05) is 0 Å². The maximum atomic E-state index is 13.7. The topological polar surface area (TPSA) is 218 Å². The Morgan fingerprint density at radius 1 is 0.530 bits per heavy atom. The number of amides is 4. The van der Waals surface area contributed by atoms with Crippen molar-refractivity contribution in [3.05, 3.63) is 129 Å². The van der Waals surface area contributed by atoms with Crippen molar-refractivity contribution < 1.29 is 38.2 Å². The molecule has 2 unspecified atom stereocenters. The van der Waals surface area contributed by atoms with Crippen molar-refractivity contribution in [3.8, 4) is 11.5 Å². The van der Waals surface area contributed by atoms with Gasteiger partial charge in [0.1, 0.15) is 17.2 Å². The third-order valence-corrected chi connectivity index (χ3v) is 10.1. The van der Waals surface area contributed by atoms with Gasteiger partial charge in [0.25, 0.3) is 23.6 Å². The summed E-state index contributed by atoms with van der Waals surface area (Å²) in [4.78, 5) is 78.9. The highest BCUT2D eigenvalue weighted by Crippen LogP contribution is 2.39. The summed E-state index contributed by atoms with van der Waals surface area (Å²) in [5.41, 5.74) is 3.32. The van der Waals surface area contributed by atoms with E-state index in [2.05, 4.69) is 41.7 Å². The normalized spacial score (nSPS) is 12.0. The second kappa shape index (κ2) is 24.0. The average molecular weight is 977 g/mol. The van der Waals surface area contributed by atoms with Gasteiger partial charge in [0.2, 0.25) is 12.1 Å². The smallest absolute Gasteiger partial charge is 0.259 e. The molecule has 0 heterocycles. The summed E-state index contributed by atoms with van der Waals surface area (Å²) < 4.78 is 11.6. The van der Waals surface area contributed by atoms with Gasteiger partial charge in [-0.25, -0.2) is 0 Å². The number of hydrogen-bond donors (Lipinski definition) is 4. The van der Waals surface area contributed by atoms with Gasteiger partial charge in [0, 0.05) is 62.1 Å². The summed E-state index contributed by atoms with van der Waals surface area (Å²) >= 11 is 24.3. The number of ketones is 2. The molecule has 20 heteroatoms. The molecule has 0 saturated carbocycles. The van der Waals surface area contributed by atoms with Gasteiger partial charge >= 0.3 is 0 Å². The van der Waals surface area contributed by atoms with Crippen LogP contribution in [0.2, 0.25) is 10.0 Å². The Hall–Kier alpha value is -6.72. The molecule has 0 spiro atoms. The lowest BCUT2D eigenvalue weighted by molar-refractivity contribution is -0.127. The van der Waals surface area contributed by atoms with Crippen LogP contribution in [0.15, 0.2) is 118 Å². The molecule has 0 aliphatic heterocycles. The second-order valence-corrected chi connectivity index (χ2v) is 15.5. The first-order valence-electron chi connectivity index (χ1n) is 20.0. The van der Waals surface area contributed by atoms with Crippen molar-refractivity contribution >= 4 is 116 Å². The largest absolute Gasteiger partial charge is 0.491 e. The number of alkyl halides is 2. The summed E-state index contributed by atoms with van der Waals surface area (Å²) in [6.45, 7) is 5.84. The SMILES string of the molecule is CCOc1cc(NC(=O)C(N=Nc2cc(Cl)cc(C(=O)Nc3ccc(CCl)cc3)c2)C(C)=O)cc(OCC)c1NC(=O)C(N=Nc1cc(Cl)cc(C(=O)Nc2ccc(CCl)cc2)c1)C(C)=O. The van der Waals surface area contributed by atoms with Crippen LogP contribution < -0.4 is 30.7 Å². The molecule has 5 rings (SSSR count). The molecule has 0 fully saturated rings. The van der Waals surface area contributed by atoms with Crippen LogP contribution in [0.5, 0.6) is 11.5 Å². The molecule has 16 nitrogen and oxygen atoms in total. The minimum Gasteiger partial charge on any atom is -0.491 e. The van der Waals surface area contributed by atoms with Gasteiger partial charge in [-0.15, -0.1) is 23.2 Å². The average Bonchev–Trinajstić information content (AvgIpc) is 3.27. The van der Waals surface area contributed by atoms with E-state index in [1.165, 1.54) is 48.5 Å².